The molecule has 4 heteroatoms. The van der Waals surface area contributed by atoms with Gasteiger partial charge in [-0.25, -0.2) is 4.98 Å². The van der Waals surface area contributed by atoms with Gasteiger partial charge in [0.25, 0.3) is 0 Å². The second-order valence-corrected chi connectivity index (χ2v) is 6.84. The lowest BCUT2D eigenvalue weighted by atomic mass is 9.98. The Morgan fingerprint density at radius 1 is 1.09 bits per heavy atom. The van der Waals surface area contributed by atoms with Gasteiger partial charge in [-0.05, 0) is 46.2 Å². The average molecular weight is 310 g/mol. The van der Waals surface area contributed by atoms with Crippen LogP contribution in [0.25, 0.3) is 0 Å². The van der Waals surface area contributed by atoms with Gasteiger partial charge in [0.1, 0.15) is 12.0 Å². The number of hydrogen-bond acceptors (Lipinski definition) is 3. The number of hydrogen-bond donors (Lipinski definition) is 0. The first-order chi connectivity index (χ1) is 10.8. The first kappa shape index (κ1) is 15.7. The molecule has 0 aliphatic carbocycles. The Morgan fingerprint density at radius 2 is 1.78 bits per heavy atom. The molecule has 2 heterocycles. The Morgan fingerprint density at radius 3 is 2.39 bits per heavy atom. The predicted molar refractivity (Wildman–Crippen MR) is 95.1 cm³/mol. The van der Waals surface area contributed by atoms with Gasteiger partial charge in [0.2, 0.25) is 0 Å². The standard InChI is InChI=1S/C19H26N4/c1-14-9-7-8-10-17(14)22-11-12-23(16(22)3)19(4,5)18-13-20-15(2)21(18)6/h7-13,16H,1-6H3/t16-/m1/s1. The van der Waals surface area contributed by atoms with Crippen molar-refractivity contribution in [3.8, 4) is 0 Å². The molecule has 0 fully saturated rings. The molecule has 1 aromatic carbocycles. The van der Waals surface area contributed by atoms with Crippen LogP contribution in [0.15, 0.2) is 42.9 Å². The minimum Gasteiger partial charge on any atom is -0.345 e. The molecule has 0 N–H and O–H groups in total. The SMILES string of the molecule is Cc1ccccc1N1C=CN(C(C)(C)c2cnc(C)n2C)[C@@H]1C. The highest BCUT2D eigenvalue weighted by Crippen LogP contribution is 2.36. The molecule has 1 aromatic heterocycles. The van der Waals surface area contributed by atoms with Gasteiger partial charge in [0.15, 0.2) is 0 Å². The largest absolute Gasteiger partial charge is 0.345 e. The van der Waals surface area contributed by atoms with E-state index in [1.807, 2.05) is 13.1 Å². The van der Waals surface area contributed by atoms with Gasteiger partial charge in [-0.2, -0.15) is 0 Å². The van der Waals surface area contributed by atoms with Crippen LogP contribution in [0.3, 0.4) is 0 Å². The van der Waals surface area contributed by atoms with E-state index in [4.69, 9.17) is 0 Å². The molecule has 1 aliphatic heterocycles. The minimum atomic E-state index is -0.136. The third-order valence-electron chi connectivity index (χ3n) is 5.08. The minimum absolute atomic E-state index is 0.136. The number of imidazole rings is 1. The quantitative estimate of drug-likeness (QED) is 0.859. The number of rotatable bonds is 3. The highest BCUT2D eigenvalue weighted by Gasteiger charge is 2.37. The Hall–Kier alpha value is -2.23. The lowest BCUT2D eigenvalue weighted by Crippen LogP contribution is -2.47. The summed E-state index contributed by atoms with van der Waals surface area (Å²) in [4.78, 5) is 9.20. The molecule has 0 radical (unpaired) electrons. The van der Waals surface area contributed by atoms with Crippen LogP contribution in [-0.2, 0) is 12.6 Å². The maximum Gasteiger partial charge on any atom is 0.105 e. The van der Waals surface area contributed by atoms with Crippen LogP contribution in [-0.4, -0.2) is 20.6 Å². The summed E-state index contributed by atoms with van der Waals surface area (Å²) < 4.78 is 2.18. The predicted octanol–water partition coefficient (Wildman–Crippen LogP) is 3.91. The van der Waals surface area contributed by atoms with E-state index in [0.29, 0.717) is 0 Å². The number of benzene rings is 1. The van der Waals surface area contributed by atoms with Crippen LogP contribution >= 0.6 is 0 Å². The third-order valence-corrected chi connectivity index (χ3v) is 5.08. The normalized spacial score (nSPS) is 18.1. The van der Waals surface area contributed by atoms with Gasteiger partial charge < -0.3 is 14.4 Å². The number of aryl methyl sites for hydroxylation is 2. The van der Waals surface area contributed by atoms with Crippen LogP contribution in [0, 0.1) is 13.8 Å². The molecule has 0 bridgehead atoms. The summed E-state index contributed by atoms with van der Waals surface area (Å²) in [6, 6.07) is 8.53. The molecule has 2 aromatic rings. The van der Waals surface area contributed by atoms with E-state index in [1.54, 1.807) is 0 Å². The second kappa shape index (κ2) is 5.44. The molecule has 0 saturated heterocycles. The van der Waals surface area contributed by atoms with Crippen molar-refractivity contribution < 1.29 is 0 Å². The number of nitrogens with zero attached hydrogens (tertiary/aromatic N) is 4. The van der Waals surface area contributed by atoms with Gasteiger partial charge >= 0.3 is 0 Å². The zero-order chi connectivity index (χ0) is 16.8. The van der Waals surface area contributed by atoms with Crippen LogP contribution in [0.1, 0.15) is 37.9 Å². The maximum atomic E-state index is 4.47. The molecule has 3 rings (SSSR count). The van der Waals surface area contributed by atoms with Crippen molar-refractivity contribution in [3.05, 3.63) is 59.9 Å². The smallest absolute Gasteiger partial charge is 0.105 e. The zero-order valence-corrected chi connectivity index (χ0v) is 14.9. The van der Waals surface area contributed by atoms with E-state index in [0.717, 1.165) is 5.82 Å². The van der Waals surface area contributed by atoms with E-state index >= 15 is 0 Å². The van der Waals surface area contributed by atoms with E-state index in [-0.39, 0.29) is 11.7 Å². The maximum absolute atomic E-state index is 4.47. The van der Waals surface area contributed by atoms with Crippen molar-refractivity contribution in [1.29, 1.82) is 0 Å². The van der Waals surface area contributed by atoms with E-state index in [1.165, 1.54) is 16.9 Å². The van der Waals surface area contributed by atoms with Crippen LogP contribution in [0.5, 0.6) is 0 Å². The van der Waals surface area contributed by atoms with Crippen molar-refractivity contribution in [2.75, 3.05) is 4.90 Å². The van der Waals surface area contributed by atoms with Gasteiger partial charge in [0.05, 0.1) is 17.4 Å². The van der Waals surface area contributed by atoms with Crippen molar-refractivity contribution in [3.63, 3.8) is 0 Å². The van der Waals surface area contributed by atoms with Crippen molar-refractivity contribution in [2.24, 2.45) is 7.05 Å². The molecular weight excluding hydrogens is 284 g/mol. The van der Waals surface area contributed by atoms with Gasteiger partial charge in [-0.3, -0.25) is 0 Å². The lowest BCUT2D eigenvalue weighted by Gasteiger charge is -2.41. The highest BCUT2D eigenvalue weighted by molar-refractivity contribution is 5.57. The second-order valence-electron chi connectivity index (χ2n) is 6.84. The Labute approximate surface area is 139 Å². The topological polar surface area (TPSA) is 24.3 Å². The molecule has 1 atom stereocenters. The summed E-state index contributed by atoms with van der Waals surface area (Å²) >= 11 is 0. The summed E-state index contributed by atoms with van der Waals surface area (Å²) in [7, 11) is 2.09. The lowest BCUT2D eigenvalue weighted by molar-refractivity contribution is 0.145. The molecule has 0 saturated carbocycles. The number of para-hydroxylation sites is 1. The van der Waals surface area contributed by atoms with Gasteiger partial charge in [-0.1, -0.05) is 18.2 Å². The van der Waals surface area contributed by atoms with Crippen LogP contribution in [0.4, 0.5) is 5.69 Å². The Kier molecular flexibility index (Phi) is 3.71. The van der Waals surface area contributed by atoms with Crippen LogP contribution < -0.4 is 4.90 Å². The molecular formula is C19H26N4. The number of aromatic nitrogens is 2. The fraction of sp³-hybridized carbons (Fsp3) is 0.421. The average Bonchev–Trinajstić information content (AvgIpc) is 3.04. The Balaban J connectivity index is 1.93. The third kappa shape index (κ3) is 2.42. The molecule has 1 aliphatic rings. The Bertz CT molecular complexity index is 742. The van der Waals surface area contributed by atoms with Gasteiger partial charge in [0, 0.05) is 25.1 Å². The number of anilines is 1. The molecule has 23 heavy (non-hydrogen) atoms. The van der Waals surface area contributed by atoms with Crippen LogP contribution in [0.2, 0.25) is 0 Å². The summed E-state index contributed by atoms with van der Waals surface area (Å²) in [6.45, 7) is 11.0. The van der Waals surface area contributed by atoms with Crippen molar-refractivity contribution in [2.45, 2.75) is 46.3 Å². The van der Waals surface area contributed by atoms with Crippen molar-refractivity contribution >= 4 is 5.69 Å². The zero-order valence-electron chi connectivity index (χ0n) is 14.9. The molecule has 122 valence electrons. The van der Waals surface area contributed by atoms with Gasteiger partial charge in [-0.15, -0.1) is 0 Å². The molecule has 0 unspecified atom stereocenters. The summed E-state index contributed by atoms with van der Waals surface area (Å²) in [6.07, 6.45) is 6.62. The first-order valence-corrected chi connectivity index (χ1v) is 8.13. The summed E-state index contributed by atoms with van der Waals surface area (Å²) in [5.74, 6) is 1.04. The fourth-order valence-electron chi connectivity index (χ4n) is 3.52. The highest BCUT2D eigenvalue weighted by atomic mass is 15.4. The van der Waals surface area contributed by atoms with E-state index in [9.17, 15) is 0 Å². The summed E-state index contributed by atoms with van der Waals surface area (Å²) in [5, 5.41) is 0. The molecule has 0 amide bonds. The van der Waals surface area contributed by atoms with E-state index in [2.05, 4.69) is 90.8 Å². The molecule has 4 nitrogen and oxygen atoms in total. The van der Waals surface area contributed by atoms with E-state index < -0.39 is 0 Å². The fourth-order valence-corrected chi connectivity index (χ4v) is 3.52. The van der Waals surface area contributed by atoms with Crippen molar-refractivity contribution in [1.82, 2.24) is 14.5 Å². The summed E-state index contributed by atoms with van der Waals surface area (Å²) in [5.41, 5.74) is 3.64. The monoisotopic (exact) mass is 310 g/mol. The molecule has 0 spiro atoms. The first-order valence-electron chi connectivity index (χ1n) is 8.13.